The summed E-state index contributed by atoms with van der Waals surface area (Å²) >= 11 is 0. The monoisotopic (exact) mass is 121 g/mol. The van der Waals surface area contributed by atoms with Crippen LogP contribution in [0, 0.1) is 6.17 Å². The normalized spacial score (nSPS) is 14.9. The summed E-state index contributed by atoms with van der Waals surface area (Å²) in [5.74, 6) is 0. The van der Waals surface area contributed by atoms with Gasteiger partial charge in [-0.3, -0.25) is 0 Å². The Morgan fingerprint density at radius 2 is 2.11 bits per heavy atom. The van der Waals surface area contributed by atoms with Crippen LogP contribution in [-0.2, 0) is 0 Å². The summed E-state index contributed by atoms with van der Waals surface area (Å²) in [6.45, 7) is 3.60. The molecule has 1 rings (SSSR count). The van der Waals surface area contributed by atoms with Gasteiger partial charge in [-0.15, -0.1) is 6.58 Å². The molecule has 0 aromatic rings. The second-order valence-corrected chi connectivity index (χ2v) is 1.80. The van der Waals surface area contributed by atoms with Crippen molar-refractivity contribution < 1.29 is 0 Å². The Labute approximate surface area is 55.0 Å². The standard InChI is InChI=1S/C7H9N2/c1-2-3-4-7-8-5-6-9-7/h2,5-6H,1,3-4H2/q+1. The van der Waals surface area contributed by atoms with Crippen LogP contribution >= 0.6 is 0 Å². The minimum Gasteiger partial charge on any atom is -0.103 e. The molecule has 0 saturated carbocycles. The van der Waals surface area contributed by atoms with Crippen LogP contribution in [0.3, 0.4) is 0 Å². The Morgan fingerprint density at radius 1 is 1.44 bits per heavy atom. The molecule has 2 heteroatoms. The van der Waals surface area contributed by atoms with Crippen LogP contribution in [0.4, 0.5) is 0 Å². The lowest BCUT2D eigenvalue weighted by Gasteiger charge is -1.88. The molecule has 0 aliphatic carbocycles. The highest BCUT2D eigenvalue weighted by Crippen LogP contribution is 2.13. The van der Waals surface area contributed by atoms with E-state index in [0.29, 0.717) is 0 Å². The lowest BCUT2D eigenvalue weighted by Crippen LogP contribution is -1.82. The van der Waals surface area contributed by atoms with Gasteiger partial charge >= 0.3 is 0 Å². The van der Waals surface area contributed by atoms with E-state index < -0.39 is 0 Å². The third kappa shape index (κ3) is 1.72. The van der Waals surface area contributed by atoms with E-state index in [-0.39, 0.29) is 0 Å². The molecule has 0 bridgehead atoms. The maximum Gasteiger partial charge on any atom is 0.241 e. The van der Waals surface area contributed by atoms with Crippen molar-refractivity contribution in [1.82, 2.24) is 0 Å². The molecule has 0 aromatic heterocycles. The average molecular weight is 121 g/mol. The van der Waals surface area contributed by atoms with Crippen molar-refractivity contribution in [3.05, 3.63) is 18.8 Å². The third-order valence-corrected chi connectivity index (χ3v) is 1.09. The van der Waals surface area contributed by atoms with Crippen LogP contribution in [0.1, 0.15) is 12.8 Å². The van der Waals surface area contributed by atoms with Gasteiger partial charge in [-0.1, -0.05) is 16.1 Å². The molecule has 0 N–H and O–H groups in total. The van der Waals surface area contributed by atoms with Crippen LogP contribution in [0.5, 0.6) is 0 Å². The van der Waals surface area contributed by atoms with E-state index in [4.69, 9.17) is 0 Å². The number of hydrogen-bond acceptors (Lipinski definition) is 2. The van der Waals surface area contributed by atoms with Crippen molar-refractivity contribution in [3.8, 4) is 0 Å². The van der Waals surface area contributed by atoms with Gasteiger partial charge in [0.2, 0.25) is 6.17 Å². The summed E-state index contributed by atoms with van der Waals surface area (Å²) in [6, 6.07) is 0. The summed E-state index contributed by atoms with van der Waals surface area (Å²) < 4.78 is 0. The lowest BCUT2D eigenvalue weighted by atomic mass is 10.3. The minimum absolute atomic E-state index is 0.912. The Morgan fingerprint density at radius 3 is 2.67 bits per heavy atom. The van der Waals surface area contributed by atoms with Gasteiger partial charge in [0, 0.05) is 0 Å². The van der Waals surface area contributed by atoms with Gasteiger partial charge in [0.1, 0.15) is 0 Å². The Hall–Kier alpha value is -1.05. The van der Waals surface area contributed by atoms with Gasteiger partial charge in [-0.25, -0.2) is 0 Å². The number of aliphatic imine (C=N–C) groups is 2. The van der Waals surface area contributed by atoms with Crippen molar-refractivity contribution in [1.29, 1.82) is 0 Å². The first-order valence-corrected chi connectivity index (χ1v) is 2.97. The van der Waals surface area contributed by atoms with E-state index >= 15 is 0 Å². The van der Waals surface area contributed by atoms with Crippen molar-refractivity contribution in [3.63, 3.8) is 0 Å². The molecule has 1 heterocycles. The summed E-state index contributed by atoms with van der Waals surface area (Å²) in [7, 11) is 0. The van der Waals surface area contributed by atoms with Gasteiger partial charge in [-0.05, 0) is 6.42 Å². The average Bonchev–Trinajstić information content (AvgIpc) is 2.34. The van der Waals surface area contributed by atoms with Gasteiger partial charge < -0.3 is 0 Å². The molecular formula is C7H9N2+. The first-order chi connectivity index (χ1) is 4.43. The van der Waals surface area contributed by atoms with E-state index in [9.17, 15) is 0 Å². The highest BCUT2D eigenvalue weighted by Gasteiger charge is 2.13. The Bertz CT molecular complexity index is 135. The first kappa shape index (κ1) is 6.08. The predicted octanol–water partition coefficient (Wildman–Crippen LogP) is 1.60. The van der Waals surface area contributed by atoms with Crippen LogP contribution in [-0.4, -0.2) is 12.4 Å². The van der Waals surface area contributed by atoms with Crippen LogP contribution in [0.25, 0.3) is 0 Å². The summed E-state index contributed by atoms with van der Waals surface area (Å²) in [4.78, 5) is 7.99. The number of nitrogens with zero attached hydrogens (tertiary/aromatic N) is 2. The van der Waals surface area contributed by atoms with E-state index in [2.05, 4.69) is 16.6 Å². The molecular weight excluding hydrogens is 112 g/mol. The molecule has 1 aliphatic heterocycles. The second kappa shape index (κ2) is 3.07. The Kier molecular flexibility index (Phi) is 2.07. The van der Waals surface area contributed by atoms with Gasteiger partial charge in [0.05, 0.1) is 6.42 Å². The largest absolute Gasteiger partial charge is 0.241 e. The van der Waals surface area contributed by atoms with E-state index in [1.54, 1.807) is 12.4 Å². The fourth-order valence-corrected chi connectivity index (χ4v) is 0.632. The zero-order valence-electron chi connectivity index (χ0n) is 5.25. The fraction of sp³-hybridized carbons (Fsp3) is 0.286. The van der Waals surface area contributed by atoms with E-state index in [1.165, 1.54) is 0 Å². The van der Waals surface area contributed by atoms with E-state index in [1.807, 2.05) is 6.08 Å². The molecule has 1 aliphatic rings. The maximum absolute atomic E-state index is 3.99. The number of allylic oxidation sites excluding steroid dienone is 1. The number of hydrogen-bond donors (Lipinski definition) is 0. The summed E-state index contributed by atoms with van der Waals surface area (Å²) in [5, 5.41) is 0. The summed E-state index contributed by atoms with van der Waals surface area (Å²) in [6.07, 6.45) is 8.07. The minimum atomic E-state index is 0.912. The maximum atomic E-state index is 3.99. The van der Waals surface area contributed by atoms with Gasteiger partial charge in [0.15, 0.2) is 12.4 Å². The highest BCUT2D eigenvalue weighted by molar-refractivity contribution is 6.18. The zero-order chi connectivity index (χ0) is 6.53. The molecule has 0 aromatic carbocycles. The summed E-state index contributed by atoms with van der Waals surface area (Å²) in [5.41, 5.74) is 0. The molecule has 2 nitrogen and oxygen atoms in total. The molecule has 0 radical (unpaired) electrons. The van der Waals surface area contributed by atoms with Crippen molar-refractivity contribution in [2.24, 2.45) is 9.98 Å². The van der Waals surface area contributed by atoms with Crippen LogP contribution in [0.15, 0.2) is 22.6 Å². The van der Waals surface area contributed by atoms with Gasteiger partial charge in [-0.2, -0.15) is 0 Å². The molecule has 0 unspecified atom stereocenters. The molecule has 0 atom stereocenters. The fourth-order valence-electron chi connectivity index (χ4n) is 0.632. The molecule has 9 heavy (non-hydrogen) atoms. The molecule has 0 amide bonds. The molecule has 0 saturated heterocycles. The molecule has 0 spiro atoms. The smallest absolute Gasteiger partial charge is 0.103 e. The predicted molar refractivity (Wildman–Crippen MR) is 39.7 cm³/mol. The topological polar surface area (TPSA) is 24.7 Å². The molecule has 46 valence electrons. The van der Waals surface area contributed by atoms with Crippen molar-refractivity contribution in [2.45, 2.75) is 12.8 Å². The lowest BCUT2D eigenvalue weighted by molar-refractivity contribution is 0.820. The second-order valence-electron chi connectivity index (χ2n) is 1.80. The SMILES string of the molecule is C=CCC[C+]1N=CC=N1. The van der Waals surface area contributed by atoms with Crippen LogP contribution in [0.2, 0.25) is 0 Å². The third-order valence-electron chi connectivity index (χ3n) is 1.09. The van der Waals surface area contributed by atoms with Crippen molar-refractivity contribution in [2.75, 3.05) is 0 Å². The Balaban J connectivity index is 2.20. The van der Waals surface area contributed by atoms with Crippen LogP contribution < -0.4 is 0 Å². The highest BCUT2D eigenvalue weighted by atomic mass is 15.0. The molecule has 0 fully saturated rings. The van der Waals surface area contributed by atoms with Gasteiger partial charge in [0.25, 0.3) is 0 Å². The zero-order valence-corrected chi connectivity index (χ0v) is 5.25. The number of rotatable bonds is 3. The first-order valence-electron chi connectivity index (χ1n) is 2.97. The van der Waals surface area contributed by atoms with E-state index in [0.717, 1.165) is 19.0 Å². The quantitative estimate of drug-likeness (QED) is 0.400. The van der Waals surface area contributed by atoms with Crippen molar-refractivity contribution >= 4 is 12.4 Å².